The molecular weight excluding hydrogens is 268 g/mol. The molecule has 0 fully saturated rings. The smallest absolute Gasteiger partial charge is 0.335 e. The van der Waals surface area contributed by atoms with Crippen molar-refractivity contribution in [3.8, 4) is 0 Å². The number of aromatic nitrogens is 3. The lowest BCUT2D eigenvalue weighted by molar-refractivity contribution is 0.0697. The number of carboxylic acid groups (broad SMARTS) is 1. The lowest BCUT2D eigenvalue weighted by Gasteiger charge is -2.17. The summed E-state index contributed by atoms with van der Waals surface area (Å²) in [6, 6.07) is 6.83. The molecule has 6 heteroatoms. The largest absolute Gasteiger partial charge is 0.478 e. The first-order valence-corrected chi connectivity index (χ1v) is 6.81. The minimum absolute atomic E-state index is 0.0715. The zero-order valence-corrected chi connectivity index (χ0v) is 12.5. The van der Waals surface area contributed by atoms with Gasteiger partial charge in [0.1, 0.15) is 0 Å². The average molecular weight is 288 g/mol. The van der Waals surface area contributed by atoms with Crippen molar-refractivity contribution in [2.24, 2.45) is 0 Å². The fraction of sp³-hybridized carbons (Fsp3) is 0.400. The van der Waals surface area contributed by atoms with Gasteiger partial charge in [0, 0.05) is 13.1 Å². The van der Waals surface area contributed by atoms with E-state index in [4.69, 9.17) is 5.11 Å². The second kappa shape index (κ2) is 6.05. The summed E-state index contributed by atoms with van der Waals surface area (Å²) in [5.74, 6) is -0.909. The summed E-state index contributed by atoms with van der Waals surface area (Å²) >= 11 is 0. The molecule has 2 aromatic rings. The van der Waals surface area contributed by atoms with E-state index in [0.717, 1.165) is 11.3 Å². The number of carbonyl (C=O) groups is 1. The van der Waals surface area contributed by atoms with Gasteiger partial charge in [0.05, 0.1) is 23.0 Å². The number of aromatic carboxylic acids is 1. The quantitative estimate of drug-likeness (QED) is 0.880. The Labute approximate surface area is 123 Å². The van der Waals surface area contributed by atoms with Gasteiger partial charge in [-0.15, -0.1) is 5.10 Å². The molecule has 1 aromatic carbocycles. The Kier molecular flexibility index (Phi) is 4.37. The van der Waals surface area contributed by atoms with Crippen LogP contribution in [0.2, 0.25) is 0 Å². The molecule has 0 radical (unpaired) electrons. The number of nitrogens with one attached hydrogen (secondary N) is 1. The Hall–Kier alpha value is -2.21. The van der Waals surface area contributed by atoms with Gasteiger partial charge in [-0.1, -0.05) is 17.3 Å². The topological polar surface area (TPSA) is 80.0 Å². The molecule has 112 valence electrons. The molecule has 1 heterocycles. The van der Waals surface area contributed by atoms with Crippen LogP contribution in [0.3, 0.4) is 0 Å². The van der Waals surface area contributed by atoms with Gasteiger partial charge in [-0.3, -0.25) is 0 Å². The molecule has 0 aliphatic carbocycles. The van der Waals surface area contributed by atoms with E-state index < -0.39 is 5.97 Å². The lowest BCUT2D eigenvalue weighted by atomic mass is 10.1. The van der Waals surface area contributed by atoms with Crippen molar-refractivity contribution in [1.82, 2.24) is 20.3 Å². The van der Waals surface area contributed by atoms with Crippen molar-refractivity contribution in [2.75, 3.05) is 0 Å². The van der Waals surface area contributed by atoms with Crippen LogP contribution in [0.5, 0.6) is 0 Å². The van der Waals surface area contributed by atoms with Crippen LogP contribution in [0, 0.1) is 0 Å². The summed E-state index contributed by atoms with van der Waals surface area (Å²) in [5.41, 5.74) is 2.14. The highest BCUT2D eigenvalue weighted by Gasteiger charge is 2.14. The van der Waals surface area contributed by atoms with Crippen molar-refractivity contribution in [3.63, 3.8) is 0 Å². The molecule has 0 unspecified atom stereocenters. The maximum absolute atomic E-state index is 10.8. The zero-order valence-electron chi connectivity index (χ0n) is 12.5. The molecule has 0 spiro atoms. The SMILES string of the molecule is CC(C)(C)n1cc(CNCc2ccc(C(=O)O)cc2)nn1. The highest BCUT2D eigenvalue weighted by molar-refractivity contribution is 5.87. The Morgan fingerprint density at radius 3 is 2.43 bits per heavy atom. The second-order valence-corrected chi connectivity index (χ2v) is 5.93. The third-order valence-electron chi connectivity index (χ3n) is 3.06. The summed E-state index contributed by atoms with van der Waals surface area (Å²) in [4.78, 5) is 10.8. The number of hydrogen-bond acceptors (Lipinski definition) is 4. The summed E-state index contributed by atoms with van der Waals surface area (Å²) in [6.07, 6.45) is 1.93. The van der Waals surface area contributed by atoms with Crippen LogP contribution in [0.1, 0.15) is 42.4 Å². The first-order chi connectivity index (χ1) is 9.86. The molecule has 0 aliphatic rings. The van der Waals surface area contributed by atoms with Crippen LogP contribution < -0.4 is 5.32 Å². The van der Waals surface area contributed by atoms with E-state index in [-0.39, 0.29) is 5.54 Å². The fourth-order valence-electron chi connectivity index (χ4n) is 1.81. The van der Waals surface area contributed by atoms with Crippen molar-refractivity contribution in [2.45, 2.75) is 39.4 Å². The van der Waals surface area contributed by atoms with Crippen molar-refractivity contribution in [1.29, 1.82) is 0 Å². The first kappa shape index (κ1) is 15.2. The summed E-state index contributed by atoms with van der Waals surface area (Å²) in [5, 5.41) is 20.3. The van der Waals surface area contributed by atoms with Gasteiger partial charge in [-0.2, -0.15) is 0 Å². The van der Waals surface area contributed by atoms with E-state index in [1.165, 1.54) is 0 Å². The molecule has 0 atom stereocenters. The standard InChI is InChI=1S/C15H20N4O2/c1-15(2,3)19-10-13(17-18-19)9-16-8-11-4-6-12(7-5-11)14(20)21/h4-7,10,16H,8-9H2,1-3H3,(H,20,21). The highest BCUT2D eigenvalue weighted by atomic mass is 16.4. The molecule has 6 nitrogen and oxygen atoms in total. The number of carboxylic acids is 1. The van der Waals surface area contributed by atoms with E-state index in [2.05, 4.69) is 36.4 Å². The molecule has 0 aliphatic heterocycles. The molecular formula is C15H20N4O2. The van der Waals surface area contributed by atoms with Crippen LogP contribution >= 0.6 is 0 Å². The van der Waals surface area contributed by atoms with E-state index in [0.29, 0.717) is 18.7 Å². The molecule has 0 saturated heterocycles. The first-order valence-electron chi connectivity index (χ1n) is 6.81. The van der Waals surface area contributed by atoms with E-state index in [1.807, 2.05) is 23.0 Å². The Morgan fingerprint density at radius 2 is 1.90 bits per heavy atom. The van der Waals surface area contributed by atoms with Gasteiger partial charge >= 0.3 is 5.97 Å². The molecule has 0 bridgehead atoms. The minimum atomic E-state index is -0.909. The summed E-state index contributed by atoms with van der Waals surface area (Å²) in [7, 11) is 0. The maximum Gasteiger partial charge on any atom is 0.335 e. The van der Waals surface area contributed by atoms with Gasteiger partial charge in [0.2, 0.25) is 0 Å². The minimum Gasteiger partial charge on any atom is -0.478 e. The predicted octanol–water partition coefficient (Wildman–Crippen LogP) is 2.02. The summed E-state index contributed by atoms with van der Waals surface area (Å²) < 4.78 is 1.84. The van der Waals surface area contributed by atoms with Crippen molar-refractivity contribution in [3.05, 3.63) is 47.3 Å². The van der Waals surface area contributed by atoms with Crippen LogP contribution in [-0.4, -0.2) is 26.1 Å². The summed E-state index contributed by atoms with van der Waals surface area (Å²) in [6.45, 7) is 7.49. The average Bonchev–Trinajstić information content (AvgIpc) is 2.88. The second-order valence-electron chi connectivity index (χ2n) is 5.93. The van der Waals surface area contributed by atoms with Crippen LogP contribution in [0.4, 0.5) is 0 Å². The van der Waals surface area contributed by atoms with Crippen molar-refractivity contribution >= 4 is 5.97 Å². The van der Waals surface area contributed by atoms with E-state index in [1.54, 1.807) is 12.1 Å². The number of hydrogen-bond donors (Lipinski definition) is 2. The molecule has 1 aromatic heterocycles. The predicted molar refractivity (Wildman–Crippen MR) is 79.0 cm³/mol. The number of rotatable bonds is 5. The highest BCUT2D eigenvalue weighted by Crippen LogP contribution is 2.11. The Morgan fingerprint density at radius 1 is 1.24 bits per heavy atom. The third-order valence-corrected chi connectivity index (χ3v) is 3.06. The van der Waals surface area contributed by atoms with Crippen LogP contribution in [-0.2, 0) is 18.6 Å². The van der Waals surface area contributed by atoms with Gasteiger partial charge in [-0.05, 0) is 38.5 Å². The Balaban J connectivity index is 1.86. The van der Waals surface area contributed by atoms with Gasteiger partial charge in [-0.25, -0.2) is 9.48 Å². The van der Waals surface area contributed by atoms with E-state index in [9.17, 15) is 4.79 Å². The van der Waals surface area contributed by atoms with Crippen LogP contribution in [0.25, 0.3) is 0 Å². The zero-order chi connectivity index (χ0) is 15.5. The molecule has 2 rings (SSSR count). The van der Waals surface area contributed by atoms with Crippen molar-refractivity contribution < 1.29 is 9.90 Å². The maximum atomic E-state index is 10.8. The molecule has 2 N–H and O–H groups in total. The molecule has 21 heavy (non-hydrogen) atoms. The van der Waals surface area contributed by atoms with Gasteiger partial charge in [0.15, 0.2) is 0 Å². The Bertz CT molecular complexity index is 611. The number of benzene rings is 1. The van der Waals surface area contributed by atoms with Gasteiger partial charge < -0.3 is 10.4 Å². The number of nitrogens with zero attached hydrogens (tertiary/aromatic N) is 3. The van der Waals surface area contributed by atoms with E-state index >= 15 is 0 Å². The normalized spacial score (nSPS) is 11.6. The fourth-order valence-corrected chi connectivity index (χ4v) is 1.81. The van der Waals surface area contributed by atoms with Crippen LogP contribution in [0.15, 0.2) is 30.5 Å². The monoisotopic (exact) mass is 288 g/mol. The van der Waals surface area contributed by atoms with Gasteiger partial charge in [0.25, 0.3) is 0 Å². The third kappa shape index (κ3) is 4.13. The molecule has 0 saturated carbocycles. The lowest BCUT2D eigenvalue weighted by Crippen LogP contribution is -2.22. The molecule has 0 amide bonds.